The second-order valence-corrected chi connectivity index (χ2v) is 10.6. The normalized spacial score (nSPS) is 11.6. The number of unbranched alkanes of at least 4 members (excludes halogenated alkanes) is 7. The summed E-state index contributed by atoms with van der Waals surface area (Å²) < 4.78 is 45.5. The van der Waals surface area contributed by atoms with Crippen LogP contribution in [0.25, 0.3) is 17.0 Å². The third-order valence-electron chi connectivity index (χ3n) is 6.28. The number of fused-ring (bicyclic) bond motifs is 1. The van der Waals surface area contributed by atoms with E-state index in [0.717, 1.165) is 23.2 Å². The molecule has 39 heavy (non-hydrogen) atoms. The lowest BCUT2D eigenvalue weighted by molar-refractivity contribution is -0.136. The Bertz CT molecular complexity index is 1270. The Morgan fingerprint density at radius 3 is 2.38 bits per heavy atom. The molecule has 0 radical (unpaired) electrons. The molecule has 212 valence electrons. The third kappa shape index (κ3) is 9.54. The van der Waals surface area contributed by atoms with Crippen molar-refractivity contribution >= 4 is 23.0 Å². The van der Waals surface area contributed by atoms with Crippen LogP contribution in [-0.2, 0) is 12.7 Å². The molecule has 4 aromatic heterocycles. The van der Waals surface area contributed by atoms with Gasteiger partial charge in [0.15, 0.2) is 5.69 Å². The van der Waals surface area contributed by atoms with Crippen LogP contribution in [0.5, 0.6) is 0 Å². The fourth-order valence-corrected chi connectivity index (χ4v) is 5.03. The molecule has 0 aliphatic rings. The molecule has 6 nitrogen and oxygen atoms in total. The number of thiophene rings is 1. The molecule has 1 N–H and O–H groups in total. The number of carboxylic acid groups (broad SMARTS) is 1. The lowest BCUT2D eigenvalue weighted by atomic mass is 10.1. The van der Waals surface area contributed by atoms with Gasteiger partial charge in [0.1, 0.15) is 11.4 Å². The Morgan fingerprint density at radius 2 is 1.79 bits per heavy atom. The zero-order chi connectivity index (χ0) is 28.3. The molecule has 0 fully saturated rings. The topological polar surface area (TPSA) is 71.0 Å². The number of hydrogen-bond donors (Lipinski definition) is 1. The van der Waals surface area contributed by atoms with Crippen LogP contribution in [0.15, 0.2) is 58.8 Å². The van der Waals surface area contributed by atoms with Crippen LogP contribution in [0.1, 0.15) is 79.2 Å². The van der Waals surface area contributed by atoms with Gasteiger partial charge in [0.25, 0.3) is 0 Å². The van der Waals surface area contributed by atoms with Crippen molar-refractivity contribution < 1.29 is 27.5 Å². The predicted octanol–water partition coefficient (Wildman–Crippen LogP) is 8.63. The predicted molar refractivity (Wildman–Crippen MR) is 148 cm³/mol. The molecule has 0 bridgehead atoms. The number of furan rings is 1. The molecule has 4 rings (SSSR count). The highest BCUT2D eigenvalue weighted by Gasteiger charge is 2.35. The molecule has 0 aromatic carbocycles. The Labute approximate surface area is 231 Å². The number of carboxylic acids is 1. The smallest absolute Gasteiger partial charge is 0.420 e. The first-order chi connectivity index (χ1) is 18.7. The molecule has 0 saturated heterocycles. The number of halogens is 3. The molecule has 0 saturated carbocycles. The maximum absolute atomic E-state index is 13.1. The Hall–Kier alpha value is -3.11. The number of aromatic nitrogens is 2. The summed E-state index contributed by atoms with van der Waals surface area (Å²) in [6.45, 7) is 4.64. The van der Waals surface area contributed by atoms with E-state index in [-0.39, 0.29) is 11.3 Å². The summed E-state index contributed by atoms with van der Waals surface area (Å²) in [6.07, 6.45) is 10.3. The van der Waals surface area contributed by atoms with E-state index in [1.54, 1.807) is 6.07 Å². The van der Waals surface area contributed by atoms with Crippen molar-refractivity contribution in [2.45, 2.75) is 71.0 Å². The maximum atomic E-state index is 13.1. The summed E-state index contributed by atoms with van der Waals surface area (Å²) in [5.74, 6) is -1.15. The van der Waals surface area contributed by atoms with Gasteiger partial charge in [-0.25, -0.2) is 9.78 Å². The number of aromatic carboxylic acids is 1. The summed E-state index contributed by atoms with van der Waals surface area (Å²) in [5.41, 5.74) is -1.77. The highest BCUT2D eigenvalue weighted by molar-refractivity contribution is 7.09. The molecule has 4 aromatic rings. The molecular formula is C29H36F3N3O3S. The van der Waals surface area contributed by atoms with Gasteiger partial charge in [0, 0.05) is 29.4 Å². The van der Waals surface area contributed by atoms with Crippen molar-refractivity contribution in [2.75, 3.05) is 13.6 Å². The molecule has 10 heteroatoms. The van der Waals surface area contributed by atoms with E-state index in [1.165, 1.54) is 81.3 Å². The summed E-state index contributed by atoms with van der Waals surface area (Å²) in [7, 11) is 2.24. The first kappa shape index (κ1) is 30.4. The number of rotatable bonds is 13. The highest BCUT2D eigenvalue weighted by atomic mass is 32.1. The fraction of sp³-hybridized carbons (Fsp3) is 0.448. The molecule has 0 unspecified atom stereocenters. The van der Waals surface area contributed by atoms with E-state index in [1.807, 2.05) is 11.3 Å². The maximum Gasteiger partial charge on any atom is 0.420 e. The number of hydrogen-bond acceptors (Lipinski definition) is 5. The molecular weight excluding hydrogens is 527 g/mol. The van der Waals surface area contributed by atoms with Crippen molar-refractivity contribution in [3.8, 4) is 11.3 Å². The second kappa shape index (κ2) is 14.9. The first-order valence-electron chi connectivity index (χ1n) is 13.3. The number of nitrogens with zero attached hydrogens (tertiary/aromatic N) is 3. The highest BCUT2D eigenvalue weighted by Crippen LogP contribution is 2.35. The van der Waals surface area contributed by atoms with Crippen molar-refractivity contribution in [3.63, 3.8) is 0 Å². The largest absolute Gasteiger partial charge is 0.476 e. The molecule has 0 amide bonds. The summed E-state index contributed by atoms with van der Waals surface area (Å²) in [4.78, 5) is 18.3. The van der Waals surface area contributed by atoms with Gasteiger partial charge in [-0.05, 0) is 49.7 Å². The van der Waals surface area contributed by atoms with Crippen LogP contribution < -0.4 is 0 Å². The van der Waals surface area contributed by atoms with Crippen LogP contribution in [0.2, 0.25) is 0 Å². The number of carbonyl (C=O) groups is 1. The van der Waals surface area contributed by atoms with Crippen molar-refractivity contribution in [1.29, 1.82) is 0 Å². The SMILES string of the molecule is CCCCCCCCCCN(C)Cc1cccs1.O=C(O)c1cn2cc(-c3ccco3)cc(C(F)(F)F)c2n1. The number of imidazole rings is 1. The lowest BCUT2D eigenvalue weighted by Gasteiger charge is -2.15. The van der Waals surface area contributed by atoms with Crippen molar-refractivity contribution in [2.24, 2.45) is 0 Å². The fourth-order valence-electron chi connectivity index (χ4n) is 4.25. The number of pyridine rings is 1. The van der Waals surface area contributed by atoms with Gasteiger partial charge >= 0.3 is 12.1 Å². The lowest BCUT2D eigenvalue weighted by Crippen LogP contribution is -2.18. The van der Waals surface area contributed by atoms with E-state index in [4.69, 9.17) is 9.52 Å². The zero-order valence-electron chi connectivity index (χ0n) is 22.4. The molecule has 0 spiro atoms. The molecule has 0 aliphatic heterocycles. The van der Waals surface area contributed by atoms with E-state index in [2.05, 4.69) is 41.4 Å². The van der Waals surface area contributed by atoms with Gasteiger partial charge in [0.05, 0.1) is 11.8 Å². The first-order valence-corrected chi connectivity index (χ1v) is 14.1. The Morgan fingerprint density at radius 1 is 1.08 bits per heavy atom. The van der Waals surface area contributed by atoms with Gasteiger partial charge in [-0.1, -0.05) is 57.9 Å². The Balaban J connectivity index is 0.000000219. The monoisotopic (exact) mass is 563 g/mol. The minimum absolute atomic E-state index is 0.175. The third-order valence-corrected chi connectivity index (χ3v) is 7.14. The molecule has 0 aliphatic carbocycles. The van der Waals surface area contributed by atoms with Gasteiger partial charge in [-0.2, -0.15) is 13.2 Å². The quantitative estimate of drug-likeness (QED) is 0.165. The summed E-state index contributed by atoms with van der Waals surface area (Å²) in [6, 6.07) is 8.31. The second-order valence-electron chi connectivity index (χ2n) is 9.57. The van der Waals surface area contributed by atoms with Gasteiger partial charge in [-0.3, -0.25) is 0 Å². The van der Waals surface area contributed by atoms with Crippen molar-refractivity contribution in [3.05, 3.63) is 70.5 Å². The van der Waals surface area contributed by atoms with E-state index in [9.17, 15) is 18.0 Å². The van der Waals surface area contributed by atoms with Crippen LogP contribution in [0, 0.1) is 0 Å². The van der Waals surface area contributed by atoms with Crippen LogP contribution >= 0.6 is 11.3 Å². The standard InChI is InChI=1S/C16H29NS.C13H7F3N2O3/c1-3-4-5-6-7-8-9-10-13-17(2)15-16-12-11-14-18-16;14-13(15,16)8-4-7(10-2-1-3-21-10)5-18-6-9(12(19)20)17-11(8)18/h11-12,14H,3-10,13,15H2,1-2H3;1-6H,(H,19,20). The van der Waals surface area contributed by atoms with Crippen LogP contribution in [0.4, 0.5) is 13.2 Å². The molecule has 0 atom stereocenters. The molecule has 4 heterocycles. The Kier molecular flexibility index (Phi) is 11.6. The minimum atomic E-state index is -4.66. The average Bonchev–Trinajstić information content (AvgIpc) is 3.66. The van der Waals surface area contributed by atoms with Crippen LogP contribution in [-0.4, -0.2) is 39.0 Å². The van der Waals surface area contributed by atoms with Crippen molar-refractivity contribution in [1.82, 2.24) is 14.3 Å². The van der Waals surface area contributed by atoms with E-state index < -0.39 is 29.1 Å². The minimum Gasteiger partial charge on any atom is -0.476 e. The summed E-state index contributed by atoms with van der Waals surface area (Å²) in [5, 5.41) is 11.0. The van der Waals surface area contributed by atoms with Gasteiger partial charge < -0.3 is 18.8 Å². The number of alkyl halides is 3. The average molecular weight is 564 g/mol. The summed E-state index contributed by atoms with van der Waals surface area (Å²) >= 11 is 1.86. The van der Waals surface area contributed by atoms with E-state index in [0.29, 0.717) is 0 Å². The van der Waals surface area contributed by atoms with E-state index >= 15 is 0 Å². The zero-order valence-corrected chi connectivity index (χ0v) is 23.2. The van der Waals surface area contributed by atoms with Crippen LogP contribution in [0.3, 0.4) is 0 Å². The van der Waals surface area contributed by atoms with Gasteiger partial charge in [0.2, 0.25) is 0 Å². The van der Waals surface area contributed by atoms with Gasteiger partial charge in [-0.15, -0.1) is 11.3 Å².